The number of para-hydroxylation sites is 1. The lowest BCUT2D eigenvalue weighted by Gasteiger charge is -2.32. The molecule has 3 rings (SSSR count). The molecule has 1 aliphatic rings. The van der Waals surface area contributed by atoms with E-state index in [0.29, 0.717) is 15.6 Å². The number of halogens is 1. The predicted molar refractivity (Wildman–Crippen MR) is 82.3 cm³/mol. The molecule has 0 fully saturated rings. The number of rotatable bonds is 2. The van der Waals surface area contributed by atoms with Crippen LogP contribution in [-0.2, 0) is 11.2 Å². The van der Waals surface area contributed by atoms with Crippen molar-refractivity contribution in [3.8, 4) is 0 Å². The summed E-state index contributed by atoms with van der Waals surface area (Å²) in [5.41, 5.74) is 1.66. The van der Waals surface area contributed by atoms with E-state index in [1.807, 2.05) is 24.3 Å². The third kappa shape index (κ3) is 2.66. The monoisotopic (exact) mass is 321 g/mol. The Morgan fingerprint density at radius 1 is 1.24 bits per heavy atom. The first-order valence-electron chi connectivity index (χ1n) is 6.44. The molecule has 2 heterocycles. The summed E-state index contributed by atoms with van der Waals surface area (Å²) in [7, 11) is 0. The number of nitrogens with zero attached hydrogens (tertiary/aromatic N) is 1. The van der Waals surface area contributed by atoms with Gasteiger partial charge < -0.3 is 10.0 Å². The second-order valence-electron chi connectivity index (χ2n) is 4.89. The SMILES string of the molecule is O=C(O)C1Cc2ccccc2N(C(=O)c2ccc(Cl)s2)C1. The van der Waals surface area contributed by atoms with Crippen molar-refractivity contribution in [1.82, 2.24) is 0 Å². The van der Waals surface area contributed by atoms with Crippen LogP contribution in [0, 0.1) is 5.92 Å². The number of thiophene rings is 1. The Hall–Kier alpha value is -1.85. The van der Waals surface area contributed by atoms with E-state index in [1.165, 1.54) is 11.3 Å². The van der Waals surface area contributed by atoms with E-state index in [9.17, 15) is 14.7 Å². The van der Waals surface area contributed by atoms with Crippen LogP contribution in [0.2, 0.25) is 4.34 Å². The highest BCUT2D eigenvalue weighted by atomic mass is 35.5. The molecule has 0 saturated carbocycles. The molecule has 0 saturated heterocycles. The highest BCUT2D eigenvalue weighted by molar-refractivity contribution is 7.18. The maximum atomic E-state index is 12.6. The quantitative estimate of drug-likeness (QED) is 0.923. The van der Waals surface area contributed by atoms with Crippen LogP contribution in [-0.4, -0.2) is 23.5 Å². The fourth-order valence-corrected chi connectivity index (χ4v) is 3.51. The maximum Gasteiger partial charge on any atom is 0.308 e. The Kier molecular flexibility index (Phi) is 3.69. The minimum absolute atomic E-state index is 0.181. The standard InChI is InChI=1S/C15H12ClNO3S/c16-13-6-5-12(21-13)14(18)17-8-10(15(19)20)7-9-3-1-2-4-11(9)17/h1-6,10H,7-8H2,(H,19,20). The highest BCUT2D eigenvalue weighted by Crippen LogP contribution is 2.32. The number of carbonyl (C=O) groups is 2. The zero-order chi connectivity index (χ0) is 15.0. The molecule has 0 radical (unpaired) electrons. The third-order valence-electron chi connectivity index (χ3n) is 3.53. The summed E-state index contributed by atoms with van der Waals surface area (Å²) in [6.45, 7) is 0.181. The van der Waals surface area contributed by atoms with E-state index < -0.39 is 11.9 Å². The fourth-order valence-electron chi connectivity index (χ4n) is 2.52. The van der Waals surface area contributed by atoms with Gasteiger partial charge in [-0.3, -0.25) is 9.59 Å². The molecule has 1 aliphatic heterocycles. The van der Waals surface area contributed by atoms with Crippen molar-refractivity contribution in [2.24, 2.45) is 5.92 Å². The number of anilines is 1. The Balaban J connectivity index is 2.00. The molecule has 1 aromatic carbocycles. The topological polar surface area (TPSA) is 57.6 Å². The second-order valence-corrected chi connectivity index (χ2v) is 6.60. The van der Waals surface area contributed by atoms with Gasteiger partial charge in [-0.05, 0) is 30.2 Å². The number of benzene rings is 1. The van der Waals surface area contributed by atoms with E-state index >= 15 is 0 Å². The smallest absolute Gasteiger partial charge is 0.308 e. The Morgan fingerprint density at radius 2 is 2.00 bits per heavy atom. The number of fused-ring (bicyclic) bond motifs is 1. The Labute approximate surface area is 130 Å². The van der Waals surface area contributed by atoms with Crippen molar-refractivity contribution in [2.75, 3.05) is 11.4 Å². The zero-order valence-corrected chi connectivity index (χ0v) is 12.5. The molecule has 1 aromatic heterocycles. The maximum absolute atomic E-state index is 12.6. The van der Waals surface area contributed by atoms with Crippen molar-refractivity contribution < 1.29 is 14.7 Å². The van der Waals surface area contributed by atoms with Gasteiger partial charge in [-0.2, -0.15) is 0 Å². The lowest BCUT2D eigenvalue weighted by Crippen LogP contribution is -2.42. The second kappa shape index (κ2) is 5.50. The summed E-state index contributed by atoms with van der Waals surface area (Å²) in [4.78, 5) is 26.0. The number of hydrogen-bond acceptors (Lipinski definition) is 3. The van der Waals surface area contributed by atoms with Crippen LogP contribution >= 0.6 is 22.9 Å². The van der Waals surface area contributed by atoms with Gasteiger partial charge in [0.2, 0.25) is 0 Å². The Morgan fingerprint density at radius 3 is 2.67 bits per heavy atom. The van der Waals surface area contributed by atoms with Crippen molar-refractivity contribution >= 4 is 40.5 Å². The predicted octanol–water partition coefficient (Wildman–Crippen LogP) is 3.31. The number of amides is 1. The van der Waals surface area contributed by atoms with Crippen LogP contribution in [0.25, 0.3) is 0 Å². The van der Waals surface area contributed by atoms with Gasteiger partial charge in [-0.25, -0.2) is 0 Å². The number of carboxylic acid groups (broad SMARTS) is 1. The summed E-state index contributed by atoms with van der Waals surface area (Å²) in [5, 5.41) is 9.28. The average Bonchev–Trinajstić information content (AvgIpc) is 2.92. The van der Waals surface area contributed by atoms with E-state index in [0.717, 1.165) is 11.3 Å². The van der Waals surface area contributed by atoms with Crippen LogP contribution in [0.4, 0.5) is 5.69 Å². The van der Waals surface area contributed by atoms with Crippen LogP contribution in [0.1, 0.15) is 15.2 Å². The molecule has 1 N–H and O–H groups in total. The van der Waals surface area contributed by atoms with Gasteiger partial charge in [0.1, 0.15) is 0 Å². The van der Waals surface area contributed by atoms with Crippen molar-refractivity contribution in [2.45, 2.75) is 6.42 Å². The molecule has 0 bridgehead atoms. The Bertz CT molecular complexity index is 712. The van der Waals surface area contributed by atoms with Crippen molar-refractivity contribution in [1.29, 1.82) is 0 Å². The zero-order valence-electron chi connectivity index (χ0n) is 11.0. The van der Waals surface area contributed by atoms with E-state index in [-0.39, 0.29) is 12.5 Å². The van der Waals surface area contributed by atoms with Crippen LogP contribution in [0.5, 0.6) is 0 Å². The van der Waals surface area contributed by atoms with E-state index in [4.69, 9.17) is 11.6 Å². The van der Waals surface area contributed by atoms with Gasteiger partial charge in [-0.15, -0.1) is 11.3 Å². The lowest BCUT2D eigenvalue weighted by atomic mass is 9.92. The molecular weight excluding hydrogens is 310 g/mol. The van der Waals surface area contributed by atoms with Crippen molar-refractivity contribution in [3.63, 3.8) is 0 Å². The van der Waals surface area contributed by atoms with Gasteiger partial charge in [0, 0.05) is 12.2 Å². The third-order valence-corrected chi connectivity index (χ3v) is 4.75. The normalized spacial score (nSPS) is 17.4. The van der Waals surface area contributed by atoms with E-state index in [1.54, 1.807) is 17.0 Å². The summed E-state index contributed by atoms with van der Waals surface area (Å²) in [6, 6.07) is 10.8. The minimum Gasteiger partial charge on any atom is -0.481 e. The summed E-state index contributed by atoms with van der Waals surface area (Å²) >= 11 is 7.08. The molecule has 1 unspecified atom stereocenters. The van der Waals surface area contributed by atoms with Gasteiger partial charge in [0.15, 0.2) is 0 Å². The number of aliphatic carboxylic acids is 1. The molecule has 4 nitrogen and oxygen atoms in total. The minimum atomic E-state index is -0.883. The van der Waals surface area contributed by atoms with Gasteiger partial charge in [-0.1, -0.05) is 29.8 Å². The largest absolute Gasteiger partial charge is 0.481 e. The number of carboxylic acids is 1. The first kappa shape index (κ1) is 14.1. The number of carbonyl (C=O) groups excluding carboxylic acids is 1. The molecule has 0 aliphatic carbocycles. The molecule has 1 atom stereocenters. The fraction of sp³-hybridized carbons (Fsp3) is 0.200. The first-order valence-corrected chi connectivity index (χ1v) is 7.63. The molecule has 1 amide bonds. The van der Waals surface area contributed by atoms with Crippen LogP contribution in [0.3, 0.4) is 0 Å². The molecular formula is C15H12ClNO3S. The molecule has 2 aromatic rings. The van der Waals surface area contributed by atoms with Crippen LogP contribution in [0.15, 0.2) is 36.4 Å². The molecule has 108 valence electrons. The molecule has 6 heteroatoms. The first-order chi connectivity index (χ1) is 10.1. The van der Waals surface area contributed by atoms with Gasteiger partial charge in [0.25, 0.3) is 5.91 Å². The number of hydrogen-bond donors (Lipinski definition) is 1. The summed E-state index contributed by atoms with van der Waals surface area (Å²) in [5.74, 6) is -1.67. The van der Waals surface area contributed by atoms with Gasteiger partial charge >= 0.3 is 5.97 Å². The highest BCUT2D eigenvalue weighted by Gasteiger charge is 2.32. The van der Waals surface area contributed by atoms with Crippen LogP contribution < -0.4 is 4.90 Å². The summed E-state index contributed by atoms with van der Waals surface area (Å²) < 4.78 is 0.540. The molecule has 21 heavy (non-hydrogen) atoms. The van der Waals surface area contributed by atoms with E-state index in [2.05, 4.69) is 0 Å². The van der Waals surface area contributed by atoms with Gasteiger partial charge in [0.05, 0.1) is 15.1 Å². The average molecular weight is 322 g/mol. The summed E-state index contributed by atoms with van der Waals surface area (Å²) in [6.07, 6.45) is 0.445. The molecule has 0 spiro atoms. The lowest BCUT2D eigenvalue weighted by molar-refractivity contribution is -0.141. The van der Waals surface area contributed by atoms with Crippen molar-refractivity contribution in [3.05, 3.63) is 51.2 Å².